The minimum Gasteiger partial charge on any atom is -0.493 e. The van der Waals surface area contributed by atoms with Crippen LogP contribution < -0.4 is 4.74 Å². The lowest BCUT2D eigenvalue weighted by molar-refractivity contribution is -0.00650. The van der Waals surface area contributed by atoms with E-state index in [9.17, 15) is 10.5 Å². The average Bonchev–Trinajstić information content (AvgIpc) is 3.43. The van der Waals surface area contributed by atoms with E-state index in [0.717, 1.165) is 71.3 Å². The number of hydrogen-bond acceptors (Lipinski definition) is 7. The first-order chi connectivity index (χ1) is 19.2. The van der Waals surface area contributed by atoms with Gasteiger partial charge in [-0.25, -0.2) is 4.98 Å². The normalized spacial score (nSPS) is 18.9. The predicted octanol–water partition coefficient (Wildman–Crippen LogP) is 5.81. The van der Waals surface area contributed by atoms with Gasteiger partial charge in [0.25, 0.3) is 0 Å². The molecule has 0 spiro atoms. The number of H-pyrrole nitrogens is 1. The second kappa shape index (κ2) is 11.3. The highest BCUT2D eigenvalue weighted by Crippen LogP contribution is 2.37. The fraction of sp³-hybridized carbons (Fsp3) is 0.387. The Morgan fingerprint density at radius 1 is 0.872 bits per heavy atom. The van der Waals surface area contributed by atoms with Gasteiger partial charge >= 0.3 is 0 Å². The molecule has 2 aliphatic heterocycles. The lowest BCUT2D eigenvalue weighted by Crippen LogP contribution is -2.26. The van der Waals surface area contributed by atoms with E-state index in [1.807, 2.05) is 30.3 Å². The number of nitrogens with one attached hydrogen (secondary N) is 1. The Hall–Kier alpha value is -4.11. The van der Waals surface area contributed by atoms with Crippen molar-refractivity contribution in [3.05, 3.63) is 65.1 Å². The number of nitrogens with zero attached hydrogens (tertiary/aromatic N) is 3. The van der Waals surface area contributed by atoms with Gasteiger partial charge in [-0.1, -0.05) is 0 Å². The summed E-state index contributed by atoms with van der Waals surface area (Å²) in [4.78, 5) is 7.97. The highest BCUT2D eigenvalue weighted by molar-refractivity contribution is 5.94. The molecule has 1 N–H and O–H groups in total. The van der Waals surface area contributed by atoms with E-state index in [4.69, 9.17) is 18.9 Å². The third kappa shape index (κ3) is 5.40. The summed E-state index contributed by atoms with van der Waals surface area (Å²) in [6, 6.07) is 14.4. The monoisotopic (exact) mass is 522 g/mol. The summed E-state index contributed by atoms with van der Waals surface area (Å²) in [5.41, 5.74) is 5.73. The van der Waals surface area contributed by atoms with Gasteiger partial charge in [-0.3, -0.25) is 0 Å². The maximum absolute atomic E-state index is 9.88. The van der Waals surface area contributed by atoms with Crippen molar-refractivity contribution in [3.8, 4) is 29.1 Å². The molecule has 4 heterocycles. The second-order valence-corrected chi connectivity index (χ2v) is 10.1. The van der Waals surface area contributed by atoms with Crippen LogP contribution in [0.3, 0.4) is 0 Å². The van der Waals surface area contributed by atoms with E-state index in [-0.39, 0.29) is 12.2 Å². The summed E-state index contributed by atoms with van der Waals surface area (Å²) < 4.78 is 23.2. The molecule has 0 amide bonds. The van der Waals surface area contributed by atoms with Gasteiger partial charge in [0.05, 0.1) is 37.6 Å². The van der Waals surface area contributed by atoms with Crippen LogP contribution in [-0.4, -0.2) is 48.6 Å². The number of rotatable bonds is 6. The first kappa shape index (κ1) is 25.2. The fourth-order valence-corrected chi connectivity index (χ4v) is 5.46. The fourth-order valence-electron chi connectivity index (χ4n) is 5.46. The van der Waals surface area contributed by atoms with Gasteiger partial charge in [-0.15, -0.1) is 0 Å². The number of hydrogen-bond donors (Lipinski definition) is 1. The number of nitriles is 2. The molecule has 0 bridgehead atoms. The summed E-state index contributed by atoms with van der Waals surface area (Å²) in [6.45, 7) is 2.77. The van der Waals surface area contributed by atoms with Crippen LogP contribution in [0, 0.1) is 22.7 Å². The molecule has 198 valence electrons. The predicted molar refractivity (Wildman–Crippen MR) is 145 cm³/mol. The number of ether oxygens (including phenoxy) is 4. The van der Waals surface area contributed by atoms with Crippen LogP contribution in [0.5, 0.6) is 5.75 Å². The zero-order chi connectivity index (χ0) is 26.6. The number of aromatic amines is 1. The highest BCUT2D eigenvalue weighted by atomic mass is 16.5. The average molecular weight is 523 g/mol. The number of aromatic nitrogens is 2. The standard InChI is InChI=1S/C31H30N4O4/c32-18-22-15-20(1-3-29(22)38-24-6-11-36-12-7-24)26-5-10-34-31-27(26)17-28(35-31)21-2-4-30(23(16-21)19-33)39-25-8-13-37-14-9-25/h2,4-5,10,15-17,24-25H,1,3,6-9,11-14H2,(H,34,35). The summed E-state index contributed by atoms with van der Waals surface area (Å²) >= 11 is 0. The number of benzene rings is 1. The molecule has 1 aliphatic carbocycles. The lowest BCUT2D eigenvalue weighted by atomic mass is 9.91. The molecule has 2 saturated heterocycles. The van der Waals surface area contributed by atoms with Crippen LogP contribution in [0.2, 0.25) is 0 Å². The molecule has 0 unspecified atom stereocenters. The third-order valence-corrected chi connectivity index (χ3v) is 7.59. The van der Waals surface area contributed by atoms with Crippen molar-refractivity contribution >= 4 is 16.6 Å². The molecule has 0 saturated carbocycles. The third-order valence-electron chi connectivity index (χ3n) is 7.59. The van der Waals surface area contributed by atoms with Gasteiger partial charge in [0, 0.05) is 49.4 Å². The molecule has 3 aliphatic rings. The molecule has 3 aromatic rings. The summed E-state index contributed by atoms with van der Waals surface area (Å²) in [7, 11) is 0. The van der Waals surface area contributed by atoms with Crippen LogP contribution in [0.4, 0.5) is 0 Å². The van der Waals surface area contributed by atoms with Gasteiger partial charge in [-0.2, -0.15) is 10.5 Å². The Kier molecular flexibility index (Phi) is 7.31. The Morgan fingerprint density at radius 3 is 2.33 bits per heavy atom. The molecular formula is C31H30N4O4. The summed E-state index contributed by atoms with van der Waals surface area (Å²) in [5, 5.41) is 20.7. The van der Waals surface area contributed by atoms with Crippen LogP contribution in [0.15, 0.2) is 53.9 Å². The first-order valence-corrected chi connectivity index (χ1v) is 13.6. The molecule has 0 atom stereocenters. The second-order valence-electron chi connectivity index (χ2n) is 10.1. The SMILES string of the molecule is N#CC1=C(OC2CCOCC2)CCC(c2ccnc3[nH]c(-c4ccc(OC5CCOCC5)c(C#N)c4)cc23)=C1. The van der Waals surface area contributed by atoms with Crippen molar-refractivity contribution in [3.63, 3.8) is 0 Å². The maximum atomic E-state index is 9.88. The molecule has 2 aromatic heterocycles. The number of pyridine rings is 1. The molecule has 8 nitrogen and oxygen atoms in total. The zero-order valence-corrected chi connectivity index (χ0v) is 21.7. The summed E-state index contributed by atoms with van der Waals surface area (Å²) in [5.74, 6) is 1.38. The van der Waals surface area contributed by atoms with E-state index >= 15 is 0 Å². The Bertz CT molecular complexity index is 1510. The summed E-state index contributed by atoms with van der Waals surface area (Å²) in [6.07, 6.45) is 8.74. The van der Waals surface area contributed by atoms with Gasteiger partial charge in [0.15, 0.2) is 0 Å². The maximum Gasteiger partial charge on any atom is 0.138 e. The van der Waals surface area contributed by atoms with E-state index in [1.54, 1.807) is 6.20 Å². The Labute approximate surface area is 227 Å². The zero-order valence-electron chi connectivity index (χ0n) is 21.7. The molecule has 1 aromatic carbocycles. The Balaban J connectivity index is 1.28. The van der Waals surface area contributed by atoms with E-state index in [0.29, 0.717) is 49.7 Å². The van der Waals surface area contributed by atoms with E-state index in [1.165, 1.54) is 0 Å². The van der Waals surface area contributed by atoms with Crippen LogP contribution in [-0.2, 0) is 14.2 Å². The largest absolute Gasteiger partial charge is 0.493 e. The van der Waals surface area contributed by atoms with Crippen molar-refractivity contribution in [2.24, 2.45) is 0 Å². The minimum atomic E-state index is 0.0650. The first-order valence-electron chi connectivity index (χ1n) is 13.6. The molecule has 6 rings (SSSR count). The van der Waals surface area contributed by atoms with Crippen LogP contribution in [0.25, 0.3) is 27.9 Å². The Morgan fingerprint density at radius 2 is 1.62 bits per heavy atom. The molecule has 0 radical (unpaired) electrons. The van der Waals surface area contributed by atoms with Crippen molar-refractivity contribution < 1.29 is 18.9 Å². The van der Waals surface area contributed by atoms with E-state index in [2.05, 4.69) is 28.2 Å². The van der Waals surface area contributed by atoms with Crippen LogP contribution >= 0.6 is 0 Å². The molecule has 39 heavy (non-hydrogen) atoms. The van der Waals surface area contributed by atoms with Gasteiger partial charge < -0.3 is 23.9 Å². The van der Waals surface area contributed by atoms with Gasteiger partial charge in [0.2, 0.25) is 0 Å². The minimum absolute atomic E-state index is 0.0650. The lowest BCUT2D eigenvalue weighted by Gasteiger charge is -2.27. The smallest absolute Gasteiger partial charge is 0.138 e. The highest BCUT2D eigenvalue weighted by Gasteiger charge is 2.23. The van der Waals surface area contributed by atoms with E-state index < -0.39 is 0 Å². The molecular weight excluding hydrogens is 492 g/mol. The van der Waals surface area contributed by atoms with Crippen LogP contribution in [0.1, 0.15) is 49.7 Å². The molecule has 8 heteroatoms. The van der Waals surface area contributed by atoms with Crippen molar-refractivity contribution in [2.75, 3.05) is 26.4 Å². The number of fused-ring (bicyclic) bond motifs is 1. The van der Waals surface area contributed by atoms with Crippen molar-refractivity contribution in [1.29, 1.82) is 10.5 Å². The molecule has 2 fully saturated rings. The topological polar surface area (TPSA) is 113 Å². The number of allylic oxidation sites excluding steroid dienone is 4. The quantitative estimate of drug-likeness (QED) is 0.435. The van der Waals surface area contributed by atoms with Crippen molar-refractivity contribution in [2.45, 2.75) is 50.7 Å². The van der Waals surface area contributed by atoms with Crippen molar-refractivity contribution in [1.82, 2.24) is 9.97 Å². The van der Waals surface area contributed by atoms with Gasteiger partial charge in [-0.05, 0) is 59.5 Å². The van der Waals surface area contributed by atoms with Gasteiger partial charge in [0.1, 0.15) is 41.5 Å².